The maximum Gasteiger partial charge on any atom is 0.0251 e. The summed E-state index contributed by atoms with van der Waals surface area (Å²) in [7, 11) is 0. The van der Waals surface area contributed by atoms with Crippen LogP contribution < -0.4 is 0 Å². The van der Waals surface area contributed by atoms with E-state index in [-0.39, 0.29) is 0 Å². The highest BCUT2D eigenvalue weighted by atomic mass is 127. The molecule has 0 aliphatic heterocycles. The van der Waals surface area contributed by atoms with E-state index < -0.39 is 0 Å². The van der Waals surface area contributed by atoms with E-state index in [4.69, 9.17) is 0 Å². The van der Waals surface area contributed by atoms with Crippen LogP contribution in [-0.4, -0.2) is 0 Å². The molecule has 16 heavy (non-hydrogen) atoms. The number of halogens is 1. The lowest BCUT2D eigenvalue weighted by Gasteiger charge is -1.99. The third-order valence-electron chi connectivity index (χ3n) is 2.31. The van der Waals surface area contributed by atoms with Gasteiger partial charge >= 0.3 is 0 Å². The molecule has 0 atom stereocenters. The second-order valence-corrected chi connectivity index (χ2v) is 5.38. The first kappa shape index (κ1) is 11.5. The number of rotatable bonds is 0. The van der Waals surface area contributed by atoms with Crippen LogP contribution >= 0.6 is 22.6 Å². The number of hydrogen-bond donors (Lipinski definition) is 0. The van der Waals surface area contributed by atoms with Gasteiger partial charge in [0, 0.05) is 15.1 Å². The summed E-state index contributed by atoms with van der Waals surface area (Å²) >= 11 is 2.33. The molecular weight excluding hydrogens is 307 g/mol. The Bertz CT molecular complexity index is 571. The zero-order valence-electron chi connectivity index (χ0n) is 9.42. The lowest BCUT2D eigenvalue weighted by molar-refractivity contribution is 0.866. The van der Waals surface area contributed by atoms with Crippen molar-refractivity contribution < 1.29 is 0 Å². The molecular formula is C15H13I. The van der Waals surface area contributed by atoms with Crippen LogP contribution in [0.2, 0.25) is 0 Å². The lowest BCUT2D eigenvalue weighted by atomic mass is 10.1. The van der Waals surface area contributed by atoms with Gasteiger partial charge in [0.25, 0.3) is 0 Å². The van der Waals surface area contributed by atoms with Crippen LogP contribution in [0.3, 0.4) is 0 Å². The van der Waals surface area contributed by atoms with Gasteiger partial charge in [-0.3, -0.25) is 0 Å². The smallest absolute Gasteiger partial charge is 0.0251 e. The highest BCUT2D eigenvalue weighted by Crippen LogP contribution is 2.18. The van der Waals surface area contributed by atoms with Gasteiger partial charge in [0.05, 0.1) is 0 Å². The highest BCUT2D eigenvalue weighted by Gasteiger charge is 1.95. The quantitative estimate of drug-likeness (QED) is 0.497. The Morgan fingerprint density at radius 2 is 1.69 bits per heavy atom. The lowest BCUT2D eigenvalue weighted by Crippen LogP contribution is -1.81. The van der Waals surface area contributed by atoms with Crippen LogP contribution in [-0.2, 0) is 0 Å². The largest absolute Gasteiger partial charge is 0.0951 e. The molecule has 2 aromatic rings. The first-order valence-corrected chi connectivity index (χ1v) is 6.44. The van der Waals surface area contributed by atoms with E-state index in [1.165, 1.54) is 14.3 Å². The molecule has 0 radical (unpaired) electrons. The molecule has 80 valence electrons. The zero-order chi connectivity index (χ0) is 11.5. The Morgan fingerprint density at radius 3 is 2.44 bits per heavy atom. The summed E-state index contributed by atoms with van der Waals surface area (Å²) in [5, 5.41) is 2.54. The van der Waals surface area contributed by atoms with Crippen LogP contribution in [0.25, 0.3) is 10.8 Å². The van der Waals surface area contributed by atoms with Gasteiger partial charge in [0.2, 0.25) is 0 Å². The summed E-state index contributed by atoms with van der Waals surface area (Å²) in [4.78, 5) is 0. The maximum atomic E-state index is 3.20. The minimum Gasteiger partial charge on any atom is -0.0951 e. The standard InChI is InChI=1S/C15H13I/c1-11(2)3-4-12-5-6-14-10-15(16)8-7-13(14)9-12/h5-11H,1-2H3. The Morgan fingerprint density at radius 1 is 1.00 bits per heavy atom. The van der Waals surface area contributed by atoms with Crippen molar-refractivity contribution in [2.45, 2.75) is 13.8 Å². The first-order valence-electron chi connectivity index (χ1n) is 5.36. The Hall–Kier alpha value is -1.01. The van der Waals surface area contributed by atoms with E-state index in [9.17, 15) is 0 Å². The van der Waals surface area contributed by atoms with Crippen molar-refractivity contribution in [1.82, 2.24) is 0 Å². The summed E-state index contributed by atoms with van der Waals surface area (Å²) in [5.41, 5.74) is 1.10. The fourth-order valence-electron chi connectivity index (χ4n) is 1.52. The van der Waals surface area contributed by atoms with Gasteiger partial charge in [-0.25, -0.2) is 0 Å². The minimum atomic E-state index is 0.424. The maximum absolute atomic E-state index is 3.20. The fraction of sp³-hybridized carbons (Fsp3) is 0.200. The van der Waals surface area contributed by atoms with Crippen LogP contribution in [0, 0.1) is 21.3 Å². The number of fused-ring (bicyclic) bond motifs is 1. The molecule has 0 amide bonds. The average Bonchev–Trinajstić information content (AvgIpc) is 2.26. The topological polar surface area (TPSA) is 0 Å². The predicted octanol–water partition coefficient (Wildman–Crippen LogP) is 4.45. The Balaban J connectivity index is 2.46. The molecule has 2 aromatic carbocycles. The normalized spacial score (nSPS) is 10.2. The molecule has 0 aliphatic carbocycles. The summed E-state index contributed by atoms with van der Waals surface area (Å²) in [5.74, 6) is 6.81. The van der Waals surface area contributed by atoms with E-state index in [2.05, 4.69) is 84.7 Å². The van der Waals surface area contributed by atoms with Gasteiger partial charge < -0.3 is 0 Å². The Kier molecular flexibility index (Phi) is 3.50. The minimum absolute atomic E-state index is 0.424. The molecule has 0 unspecified atom stereocenters. The van der Waals surface area contributed by atoms with Crippen molar-refractivity contribution in [3.05, 3.63) is 45.5 Å². The van der Waals surface area contributed by atoms with Crippen LogP contribution in [0.15, 0.2) is 36.4 Å². The SMILES string of the molecule is CC(C)C#Cc1ccc2cc(I)ccc2c1. The summed E-state index contributed by atoms with van der Waals surface area (Å²) < 4.78 is 1.27. The number of hydrogen-bond acceptors (Lipinski definition) is 0. The van der Waals surface area contributed by atoms with Crippen molar-refractivity contribution in [3.63, 3.8) is 0 Å². The van der Waals surface area contributed by atoms with Crippen LogP contribution in [0.5, 0.6) is 0 Å². The molecule has 0 nitrogen and oxygen atoms in total. The zero-order valence-corrected chi connectivity index (χ0v) is 11.6. The van der Waals surface area contributed by atoms with Gasteiger partial charge in [-0.2, -0.15) is 0 Å². The van der Waals surface area contributed by atoms with Gasteiger partial charge in [0.1, 0.15) is 0 Å². The van der Waals surface area contributed by atoms with Crippen LogP contribution in [0.1, 0.15) is 19.4 Å². The third-order valence-corrected chi connectivity index (χ3v) is 2.98. The van der Waals surface area contributed by atoms with Gasteiger partial charge in [0.15, 0.2) is 0 Å². The van der Waals surface area contributed by atoms with E-state index in [0.717, 1.165) is 5.56 Å². The van der Waals surface area contributed by atoms with Crippen molar-refractivity contribution in [2.75, 3.05) is 0 Å². The monoisotopic (exact) mass is 320 g/mol. The molecule has 0 saturated heterocycles. The summed E-state index contributed by atoms with van der Waals surface area (Å²) in [6, 6.07) is 12.9. The van der Waals surface area contributed by atoms with Crippen LogP contribution in [0.4, 0.5) is 0 Å². The van der Waals surface area contributed by atoms with Crippen molar-refractivity contribution in [3.8, 4) is 11.8 Å². The summed E-state index contributed by atoms with van der Waals surface area (Å²) in [6.45, 7) is 4.22. The molecule has 0 N–H and O–H groups in total. The van der Waals surface area contributed by atoms with E-state index >= 15 is 0 Å². The number of benzene rings is 2. The van der Waals surface area contributed by atoms with Gasteiger partial charge in [-0.1, -0.05) is 37.8 Å². The molecule has 0 heterocycles. The molecule has 2 rings (SSSR count). The molecule has 0 spiro atoms. The molecule has 1 heteroatoms. The van der Waals surface area contributed by atoms with Crippen molar-refractivity contribution >= 4 is 33.4 Å². The molecule has 0 fully saturated rings. The predicted molar refractivity (Wildman–Crippen MR) is 78.4 cm³/mol. The molecule has 0 aliphatic rings. The molecule has 0 saturated carbocycles. The fourth-order valence-corrected chi connectivity index (χ4v) is 2.04. The van der Waals surface area contributed by atoms with E-state index in [0.29, 0.717) is 5.92 Å². The van der Waals surface area contributed by atoms with Gasteiger partial charge in [-0.15, -0.1) is 0 Å². The first-order chi connectivity index (χ1) is 7.65. The highest BCUT2D eigenvalue weighted by molar-refractivity contribution is 14.1. The molecule has 0 bridgehead atoms. The second-order valence-electron chi connectivity index (χ2n) is 4.13. The Labute approximate surface area is 110 Å². The summed E-state index contributed by atoms with van der Waals surface area (Å²) in [6.07, 6.45) is 0. The van der Waals surface area contributed by atoms with E-state index in [1.807, 2.05) is 0 Å². The molecule has 0 aromatic heterocycles. The van der Waals surface area contributed by atoms with Gasteiger partial charge in [-0.05, 0) is 57.6 Å². The van der Waals surface area contributed by atoms with Crippen molar-refractivity contribution in [1.29, 1.82) is 0 Å². The average molecular weight is 320 g/mol. The second kappa shape index (κ2) is 4.88. The third kappa shape index (κ3) is 2.76. The van der Waals surface area contributed by atoms with Crippen molar-refractivity contribution in [2.24, 2.45) is 5.92 Å². The van der Waals surface area contributed by atoms with E-state index in [1.54, 1.807) is 0 Å².